The lowest BCUT2D eigenvalue weighted by Gasteiger charge is -2.15. The number of hydrogen-bond donors (Lipinski definition) is 2. The molecule has 12 heteroatoms. The second-order valence-corrected chi connectivity index (χ2v) is 6.87. The van der Waals surface area contributed by atoms with Crippen LogP contribution in [0, 0.1) is 10.7 Å². The van der Waals surface area contributed by atoms with Crippen LogP contribution in [-0.4, -0.2) is 36.5 Å². The molecule has 0 radical (unpaired) electrons. The van der Waals surface area contributed by atoms with Crippen molar-refractivity contribution in [2.45, 2.75) is 0 Å². The minimum atomic E-state index is -1.25. The Balaban J connectivity index is 0. The number of ketones is 1. The van der Waals surface area contributed by atoms with Gasteiger partial charge >= 0.3 is 11.9 Å². The first-order valence-corrected chi connectivity index (χ1v) is 8.38. The molecular weight excluding hydrogens is 694 g/mol. The zero-order valence-electron chi connectivity index (χ0n) is 11.2. The summed E-state index contributed by atoms with van der Waals surface area (Å²) in [5, 5.41) is 9.31. The standard InChI is InChI=1S/C11H8I3NO6.2ClH/c1-20-2-3(16)4-7(12)5(10(17)18)9(14)6(8(4)13)11(19)21-15;;/h2,15H2,1H3,(H,17,18);2*1H. The van der Waals surface area contributed by atoms with Crippen LogP contribution >= 0.6 is 92.6 Å². The number of carbonyl (C=O) groups is 3. The van der Waals surface area contributed by atoms with Gasteiger partial charge in [-0.2, -0.15) is 5.90 Å². The number of ether oxygens (including phenoxy) is 1. The van der Waals surface area contributed by atoms with Crippen molar-refractivity contribution >= 4 is 110 Å². The molecule has 0 aliphatic carbocycles. The lowest BCUT2D eigenvalue weighted by atomic mass is 10.0. The zero-order chi connectivity index (χ0) is 16.3. The first-order chi connectivity index (χ1) is 9.77. The number of hydrogen-bond acceptors (Lipinski definition) is 6. The van der Waals surface area contributed by atoms with E-state index in [9.17, 15) is 19.5 Å². The quantitative estimate of drug-likeness (QED) is 0.276. The molecular formula is C11H10Cl2I3NO6. The monoisotopic (exact) mass is 703 g/mol. The molecule has 1 aromatic rings. The highest BCUT2D eigenvalue weighted by atomic mass is 127. The molecule has 0 fully saturated rings. The molecule has 0 spiro atoms. The normalized spacial score (nSPS) is 9.43. The average molecular weight is 704 g/mol. The first kappa shape index (κ1) is 25.8. The van der Waals surface area contributed by atoms with Crippen LogP contribution in [0.4, 0.5) is 0 Å². The number of carboxylic acids is 1. The van der Waals surface area contributed by atoms with Gasteiger partial charge in [-0.1, -0.05) is 0 Å². The highest BCUT2D eigenvalue weighted by Crippen LogP contribution is 2.32. The predicted molar refractivity (Wildman–Crippen MR) is 112 cm³/mol. The SMILES string of the molecule is COCC(=O)c1c(I)c(C(=O)O)c(I)c(C(=O)ON)c1I.Cl.Cl. The molecule has 130 valence electrons. The van der Waals surface area contributed by atoms with Crippen molar-refractivity contribution in [2.24, 2.45) is 5.90 Å². The topological polar surface area (TPSA) is 116 Å². The number of nitrogens with two attached hydrogens (primary N) is 1. The van der Waals surface area contributed by atoms with Gasteiger partial charge in [0.15, 0.2) is 5.78 Å². The zero-order valence-corrected chi connectivity index (χ0v) is 19.3. The predicted octanol–water partition coefficient (Wildman–Crippen LogP) is 2.90. The maximum absolute atomic E-state index is 12.1. The molecule has 0 atom stereocenters. The molecule has 0 bridgehead atoms. The van der Waals surface area contributed by atoms with Gasteiger partial charge in [-0.15, -0.1) is 24.8 Å². The Bertz CT molecular complexity index is 641. The van der Waals surface area contributed by atoms with Crippen molar-refractivity contribution in [3.63, 3.8) is 0 Å². The van der Waals surface area contributed by atoms with Gasteiger partial charge in [0.2, 0.25) is 0 Å². The van der Waals surface area contributed by atoms with Gasteiger partial charge in [-0.25, -0.2) is 9.59 Å². The van der Waals surface area contributed by atoms with Gasteiger partial charge in [0, 0.05) is 23.4 Å². The summed E-state index contributed by atoms with van der Waals surface area (Å²) in [6.45, 7) is -0.233. The fourth-order valence-electron chi connectivity index (χ4n) is 1.54. The third-order valence-corrected chi connectivity index (χ3v) is 5.63. The number of rotatable bonds is 5. The summed E-state index contributed by atoms with van der Waals surface area (Å²) in [6, 6.07) is 0. The summed E-state index contributed by atoms with van der Waals surface area (Å²) in [5.41, 5.74) is -0.0799. The molecule has 0 aliphatic rings. The molecule has 1 rings (SSSR count). The largest absolute Gasteiger partial charge is 0.478 e. The van der Waals surface area contributed by atoms with E-state index >= 15 is 0 Å². The molecule has 1 aromatic carbocycles. The summed E-state index contributed by atoms with van der Waals surface area (Å²) in [7, 11) is 1.34. The maximum Gasteiger partial charge on any atom is 0.358 e. The second-order valence-electron chi connectivity index (χ2n) is 3.63. The van der Waals surface area contributed by atoms with E-state index in [0.29, 0.717) is 0 Å². The molecule has 23 heavy (non-hydrogen) atoms. The number of Topliss-reactive ketones (excluding diaryl/α,β-unsaturated/α-hetero) is 1. The molecule has 0 aromatic heterocycles. The first-order valence-electron chi connectivity index (χ1n) is 5.14. The molecule has 3 N–H and O–H groups in total. The highest BCUT2D eigenvalue weighted by molar-refractivity contribution is 14.1. The van der Waals surface area contributed by atoms with Gasteiger partial charge in [-0.3, -0.25) is 4.79 Å². The van der Waals surface area contributed by atoms with Crippen LogP contribution < -0.4 is 5.90 Å². The Kier molecular flexibility index (Phi) is 12.5. The molecule has 0 saturated heterocycles. The van der Waals surface area contributed by atoms with Crippen LogP contribution in [0.15, 0.2) is 0 Å². The summed E-state index contributed by atoms with van der Waals surface area (Å²) in [5.74, 6) is 2.28. The van der Waals surface area contributed by atoms with Gasteiger partial charge in [-0.05, 0) is 67.8 Å². The fourth-order valence-corrected chi connectivity index (χ4v) is 6.21. The average Bonchev–Trinajstić information content (AvgIpc) is 2.37. The van der Waals surface area contributed by atoms with Gasteiger partial charge < -0.3 is 14.7 Å². The minimum absolute atomic E-state index is 0. The number of carboxylic acid groups (broad SMARTS) is 1. The summed E-state index contributed by atoms with van der Waals surface area (Å²) in [6.07, 6.45) is 0. The molecule has 0 saturated carbocycles. The van der Waals surface area contributed by atoms with Crippen LogP contribution in [0.5, 0.6) is 0 Å². The van der Waals surface area contributed by atoms with Crippen LogP contribution in [0.3, 0.4) is 0 Å². The van der Waals surface area contributed by atoms with Crippen molar-refractivity contribution in [1.82, 2.24) is 0 Å². The second kappa shape index (κ2) is 11.2. The van der Waals surface area contributed by atoms with E-state index < -0.39 is 17.7 Å². The summed E-state index contributed by atoms with van der Waals surface area (Å²) >= 11 is 5.27. The van der Waals surface area contributed by atoms with Crippen LogP contribution in [0.2, 0.25) is 0 Å². The number of aromatic carboxylic acids is 1. The summed E-state index contributed by atoms with van der Waals surface area (Å²) < 4.78 is 5.47. The Labute approximate surface area is 184 Å². The van der Waals surface area contributed by atoms with E-state index in [-0.39, 0.29) is 58.8 Å². The van der Waals surface area contributed by atoms with Gasteiger partial charge in [0.1, 0.15) is 6.61 Å². The molecule has 0 unspecified atom stereocenters. The van der Waals surface area contributed by atoms with Gasteiger partial charge in [0.05, 0.1) is 11.1 Å². The third kappa shape index (κ3) is 5.50. The molecule has 0 aliphatic heterocycles. The summed E-state index contributed by atoms with van der Waals surface area (Å²) in [4.78, 5) is 39.5. The molecule has 7 nitrogen and oxygen atoms in total. The number of methoxy groups -OCH3 is 1. The van der Waals surface area contributed by atoms with E-state index in [4.69, 9.17) is 10.6 Å². The maximum atomic E-state index is 12.1. The van der Waals surface area contributed by atoms with E-state index in [1.165, 1.54) is 7.11 Å². The fraction of sp³-hybridized carbons (Fsp3) is 0.182. The number of benzene rings is 1. The minimum Gasteiger partial charge on any atom is -0.478 e. The van der Waals surface area contributed by atoms with Gasteiger partial charge in [0.25, 0.3) is 0 Å². The van der Waals surface area contributed by atoms with E-state index in [2.05, 4.69) is 4.84 Å². The van der Waals surface area contributed by atoms with Crippen molar-refractivity contribution < 1.29 is 29.1 Å². The van der Waals surface area contributed by atoms with Crippen molar-refractivity contribution in [3.05, 3.63) is 27.4 Å². The van der Waals surface area contributed by atoms with Crippen LogP contribution in [0.25, 0.3) is 0 Å². The van der Waals surface area contributed by atoms with Crippen molar-refractivity contribution in [3.8, 4) is 0 Å². The van der Waals surface area contributed by atoms with E-state index in [1.807, 2.05) is 0 Å². The Hall–Kier alpha value is 0.520. The lowest BCUT2D eigenvalue weighted by Crippen LogP contribution is -2.22. The Morgan fingerprint density at radius 1 is 1.00 bits per heavy atom. The third-order valence-electron chi connectivity index (χ3n) is 2.40. The Morgan fingerprint density at radius 3 is 1.83 bits per heavy atom. The van der Waals surface area contributed by atoms with E-state index in [1.54, 1.807) is 67.8 Å². The van der Waals surface area contributed by atoms with Crippen LogP contribution in [0.1, 0.15) is 31.1 Å². The lowest BCUT2D eigenvalue weighted by molar-refractivity contribution is 0.0500. The molecule has 0 amide bonds. The van der Waals surface area contributed by atoms with Crippen molar-refractivity contribution in [1.29, 1.82) is 0 Å². The smallest absolute Gasteiger partial charge is 0.358 e. The van der Waals surface area contributed by atoms with Crippen LogP contribution in [-0.2, 0) is 9.57 Å². The number of halogens is 5. The number of carbonyl (C=O) groups excluding carboxylic acids is 2. The Morgan fingerprint density at radius 2 is 1.43 bits per heavy atom. The van der Waals surface area contributed by atoms with E-state index in [0.717, 1.165) is 0 Å². The van der Waals surface area contributed by atoms with Crippen molar-refractivity contribution in [2.75, 3.05) is 13.7 Å². The highest BCUT2D eigenvalue weighted by Gasteiger charge is 2.30. The molecule has 0 heterocycles.